The Morgan fingerprint density at radius 3 is 2.82 bits per heavy atom. The fraction of sp³-hybridized carbons (Fsp3) is 0.700. The molecule has 0 fully saturated rings. The molecule has 7 heteroatoms. The molecule has 1 atom stereocenters. The number of anilines is 1. The minimum absolute atomic E-state index is 0.147. The van der Waals surface area contributed by atoms with Gasteiger partial charge in [-0.25, -0.2) is 0 Å². The highest BCUT2D eigenvalue weighted by Gasteiger charge is 2.10. The van der Waals surface area contributed by atoms with Gasteiger partial charge in [0, 0.05) is 11.9 Å². The molecule has 0 bridgehead atoms. The van der Waals surface area contributed by atoms with Crippen LogP contribution in [0.5, 0.6) is 6.01 Å². The van der Waals surface area contributed by atoms with Crippen LogP contribution < -0.4 is 10.5 Å². The number of aliphatic hydroxyl groups excluding tert-OH is 1. The first-order valence-corrected chi connectivity index (χ1v) is 6.45. The van der Waals surface area contributed by atoms with Gasteiger partial charge in [0.25, 0.3) is 0 Å². The molecule has 1 rings (SSSR count). The number of nitrogens with zero attached hydrogens (tertiary/aromatic N) is 3. The maximum absolute atomic E-state index is 8.82. The highest BCUT2D eigenvalue weighted by molar-refractivity contribution is 7.99. The van der Waals surface area contributed by atoms with Crippen LogP contribution in [0, 0.1) is 0 Å². The number of nitrogens with two attached hydrogens (primary N) is 1. The highest BCUT2D eigenvalue weighted by Crippen LogP contribution is 2.23. The monoisotopic (exact) mass is 258 g/mol. The summed E-state index contributed by atoms with van der Waals surface area (Å²) in [5.41, 5.74) is 5.58. The predicted molar refractivity (Wildman–Crippen MR) is 67.0 cm³/mol. The number of rotatable bonds is 7. The van der Waals surface area contributed by atoms with Gasteiger partial charge in [-0.15, -0.1) is 0 Å². The van der Waals surface area contributed by atoms with Gasteiger partial charge >= 0.3 is 6.01 Å². The largest absolute Gasteiger partial charge is 0.463 e. The van der Waals surface area contributed by atoms with Crippen LogP contribution in [0.1, 0.15) is 26.7 Å². The van der Waals surface area contributed by atoms with Gasteiger partial charge in [0.1, 0.15) is 0 Å². The molecule has 0 aliphatic carbocycles. The van der Waals surface area contributed by atoms with Gasteiger partial charge < -0.3 is 15.6 Å². The molecule has 0 amide bonds. The van der Waals surface area contributed by atoms with Crippen LogP contribution in [0.2, 0.25) is 0 Å². The van der Waals surface area contributed by atoms with Crippen LogP contribution in [0.15, 0.2) is 5.16 Å². The number of aliphatic hydroxyl groups is 1. The summed E-state index contributed by atoms with van der Waals surface area (Å²) in [5.74, 6) is 0.157. The Morgan fingerprint density at radius 1 is 1.41 bits per heavy atom. The van der Waals surface area contributed by atoms with Crippen molar-refractivity contribution in [2.45, 2.75) is 37.1 Å². The van der Waals surface area contributed by atoms with Gasteiger partial charge in [0.05, 0.1) is 6.61 Å². The molecule has 1 heterocycles. The second-order valence-corrected chi connectivity index (χ2v) is 4.95. The van der Waals surface area contributed by atoms with Crippen molar-refractivity contribution < 1.29 is 9.84 Å². The average Bonchev–Trinajstić information content (AvgIpc) is 2.25. The molecule has 0 saturated heterocycles. The van der Waals surface area contributed by atoms with Crippen molar-refractivity contribution in [1.82, 2.24) is 15.0 Å². The third kappa shape index (κ3) is 5.18. The zero-order valence-corrected chi connectivity index (χ0v) is 10.9. The van der Waals surface area contributed by atoms with Crippen molar-refractivity contribution >= 4 is 17.7 Å². The van der Waals surface area contributed by atoms with Crippen LogP contribution >= 0.6 is 11.8 Å². The molecule has 96 valence electrons. The van der Waals surface area contributed by atoms with E-state index in [2.05, 4.69) is 15.0 Å². The van der Waals surface area contributed by atoms with E-state index in [1.165, 1.54) is 11.8 Å². The van der Waals surface area contributed by atoms with Gasteiger partial charge in [0.2, 0.25) is 5.95 Å². The van der Waals surface area contributed by atoms with Crippen molar-refractivity contribution in [2.24, 2.45) is 0 Å². The lowest BCUT2D eigenvalue weighted by atomic mass is 10.4. The van der Waals surface area contributed by atoms with E-state index in [0.29, 0.717) is 18.2 Å². The van der Waals surface area contributed by atoms with Crippen LogP contribution in [0.3, 0.4) is 0 Å². The first-order chi connectivity index (χ1) is 8.15. The molecule has 6 nitrogen and oxygen atoms in total. The van der Waals surface area contributed by atoms with Gasteiger partial charge in [-0.05, 0) is 12.8 Å². The third-order valence-corrected chi connectivity index (χ3v) is 2.92. The van der Waals surface area contributed by atoms with Crippen molar-refractivity contribution in [2.75, 3.05) is 18.9 Å². The normalized spacial score (nSPS) is 12.4. The quantitative estimate of drug-likeness (QED) is 0.707. The van der Waals surface area contributed by atoms with Gasteiger partial charge in [-0.1, -0.05) is 25.6 Å². The summed E-state index contributed by atoms with van der Waals surface area (Å²) < 4.78 is 5.31. The van der Waals surface area contributed by atoms with Crippen molar-refractivity contribution in [3.8, 4) is 6.01 Å². The predicted octanol–water partition coefficient (Wildman–Crippen LogP) is 1.11. The number of hydrogen-bond acceptors (Lipinski definition) is 7. The van der Waals surface area contributed by atoms with E-state index in [0.717, 1.165) is 6.42 Å². The first-order valence-electron chi connectivity index (χ1n) is 5.57. The molecular weight excluding hydrogens is 240 g/mol. The lowest BCUT2D eigenvalue weighted by Gasteiger charge is -2.09. The summed E-state index contributed by atoms with van der Waals surface area (Å²) in [5, 5.41) is 9.58. The van der Waals surface area contributed by atoms with Crippen LogP contribution in [-0.4, -0.2) is 38.5 Å². The van der Waals surface area contributed by atoms with Crippen molar-refractivity contribution in [3.63, 3.8) is 0 Å². The molecule has 0 radical (unpaired) electrons. The topological polar surface area (TPSA) is 94.2 Å². The molecule has 0 aliphatic heterocycles. The highest BCUT2D eigenvalue weighted by atomic mass is 32.2. The summed E-state index contributed by atoms with van der Waals surface area (Å²) in [6.45, 7) is 4.70. The minimum atomic E-state index is 0.147. The molecule has 3 N–H and O–H groups in total. The lowest BCUT2D eigenvalue weighted by Crippen LogP contribution is -2.07. The zero-order valence-electron chi connectivity index (χ0n) is 10.1. The maximum atomic E-state index is 8.82. The first kappa shape index (κ1) is 14.0. The van der Waals surface area contributed by atoms with Gasteiger partial charge in [-0.2, -0.15) is 15.0 Å². The van der Waals surface area contributed by atoms with Crippen LogP contribution in [0.25, 0.3) is 0 Å². The van der Waals surface area contributed by atoms with Gasteiger partial charge in [0.15, 0.2) is 5.16 Å². The van der Waals surface area contributed by atoms with E-state index < -0.39 is 0 Å². The van der Waals surface area contributed by atoms with Crippen molar-refractivity contribution in [3.05, 3.63) is 0 Å². The zero-order chi connectivity index (χ0) is 12.7. The summed E-state index contributed by atoms with van der Waals surface area (Å²) in [4.78, 5) is 12.1. The standard InChI is InChI=1S/C10H18N4O2S/c1-3-6-16-9-12-8(11)13-10(14-9)17-7(2)4-5-15/h7,15H,3-6H2,1-2H3,(H2,11,12,13,14). The minimum Gasteiger partial charge on any atom is -0.463 e. The molecular formula is C10H18N4O2S. The Kier molecular flexibility index (Phi) is 5.99. The third-order valence-electron chi connectivity index (χ3n) is 1.89. The van der Waals surface area contributed by atoms with E-state index in [1.807, 2.05) is 13.8 Å². The smallest absolute Gasteiger partial charge is 0.322 e. The molecule has 1 unspecified atom stereocenters. The Labute approximate surface area is 105 Å². The number of thioether (sulfide) groups is 1. The molecule has 0 aromatic carbocycles. The van der Waals surface area contributed by atoms with E-state index in [1.54, 1.807) is 0 Å². The Hall–Kier alpha value is -1.08. The number of ether oxygens (including phenoxy) is 1. The van der Waals surface area contributed by atoms with Crippen LogP contribution in [0.4, 0.5) is 5.95 Å². The fourth-order valence-electron chi connectivity index (χ4n) is 1.08. The van der Waals surface area contributed by atoms with E-state index in [9.17, 15) is 0 Å². The summed E-state index contributed by atoms with van der Waals surface area (Å²) in [6, 6.07) is 0.262. The molecule has 17 heavy (non-hydrogen) atoms. The number of nitrogen functional groups attached to an aromatic ring is 1. The fourth-order valence-corrected chi connectivity index (χ4v) is 1.94. The second kappa shape index (κ2) is 7.29. The summed E-state index contributed by atoms with van der Waals surface area (Å²) >= 11 is 1.45. The lowest BCUT2D eigenvalue weighted by molar-refractivity contribution is 0.287. The van der Waals surface area contributed by atoms with E-state index in [-0.39, 0.29) is 23.8 Å². The Bertz CT molecular complexity index is 351. The Balaban J connectivity index is 2.67. The van der Waals surface area contributed by atoms with E-state index in [4.69, 9.17) is 15.6 Å². The van der Waals surface area contributed by atoms with Crippen LogP contribution in [-0.2, 0) is 0 Å². The molecule has 0 spiro atoms. The molecule has 0 saturated carbocycles. The number of aromatic nitrogens is 3. The SMILES string of the molecule is CCCOc1nc(N)nc(SC(C)CCO)n1. The molecule has 1 aromatic rings. The van der Waals surface area contributed by atoms with E-state index >= 15 is 0 Å². The Morgan fingerprint density at radius 2 is 2.18 bits per heavy atom. The average molecular weight is 258 g/mol. The maximum Gasteiger partial charge on any atom is 0.322 e. The van der Waals surface area contributed by atoms with Gasteiger partial charge in [-0.3, -0.25) is 0 Å². The summed E-state index contributed by atoms with van der Waals surface area (Å²) in [6.07, 6.45) is 1.57. The van der Waals surface area contributed by atoms with Crippen molar-refractivity contribution in [1.29, 1.82) is 0 Å². The molecule has 1 aromatic heterocycles. The second-order valence-electron chi connectivity index (χ2n) is 3.55. The molecule has 0 aliphatic rings. The summed E-state index contributed by atoms with van der Waals surface area (Å²) in [7, 11) is 0. The number of hydrogen-bond donors (Lipinski definition) is 2.